The molecule has 0 saturated carbocycles. The zero-order valence-electron chi connectivity index (χ0n) is 24.6. The summed E-state index contributed by atoms with van der Waals surface area (Å²) in [6, 6.07) is 15.4. The number of hydrogen-bond donors (Lipinski definition) is 2. The summed E-state index contributed by atoms with van der Waals surface area (Å²) in [5, 5.41) is 6.78. The highest BCUT2D eigenvalue weighted by Gasteiger charge is 2.32. The minimum absolute atomic E-state index is 0.0222. The number of halogens is 1. The lowest BCUT2D eigenvalue weighted by molar-refractivity contribution is -0.200. The average Bonchev–Trinajstić information content (AvgIpc) is 2.99. The summed E-state index contributed by atoms with van der Waals surface area (Å²) in [6.45, 7) is 6.33. The van der Waals surface area contributed by atoms with Crippen molar-refractivity contribution in [3.05, 3.63) is 83.9 Å². The molecule has 3 aromatic rings. The number of amides is 2. The molecule has 0 radical (unpaired) electrons. The Kier molecular flexibility index (Phi) is 10.5. The maximum Gasteiger partial charge on any atom is 0.444 e. The predicted molar refractivity (Wildman–Crippen MR) is 159 cm³/mol. The van der Waals surface area contributed by atoms with Gasteiger partial charge in [0.2, 0.25) is 5.95 Å². The van der Waals surface area contributed by atoms with E-state index in [4.69, 9.17) is 9.57 Å². The number of benzene rings is 2. The molecule has 2 heterocycles. The highest BCUT2D eigenvalue weighted by Crippen LogP contribution is 2.25. The number of carbonyl (C=O) groups excluding carboxylic acids is 3. The van der Waals surface area contributed by atoms with Crippen LogP contribution in [0.4, 0.5) is 20.8 Å². The van der Waals surface area contributed by atoms with Gasteiger partial charge in [-0.15, -0.1) is 5.06 Å². The van der Waals surface area contributed by atoms with E-state index in [0.29, 0.717) is 24.7 Å². The zero-order valence-corrected chi connectivity index (χ0v) is 24.6. The minimum atomic E-state index is -0.867. The number of ether oxygens (including phenoxy) is 1. The number of carbonyl (C=O) groups is 3. The summed E-state index contributed by atoms with van der Waals surface area (Å²) >= 11 is 0. The molecule has 43 heavy (non-hydrogen) atoms. The lowest BCUT2D eigenvalue weighted by atomic mass is 10.0. The Labute approximate surface area is 250 Å². The molecule has 2 amide bonds. The van der Waals surface area contributed by atoms with Gasteiger partial charge in [-0.25, -0.2) is 23.9 Å². The van der Waals surface area contributed by atoms with Crippen molar-refractivity contribution in [3.8, 4) is 0 Å². The second-order valence-electron chi connectivity index (χ2n) is 11.1. The fraction of sp³-hybridized carbons (Fsp3) is 0.387. The van der Waals surface area contributed by atoms with Crippen LogP contribution in [-0.4, -0.2) is 64.2 Å². The van der Waals surface area contributed by atoms with Gasteiger partial charge in [-0.1, -0.05) is 30.3 Å². The van der Waals surface area contributed by atoms with Gasteiger partial charge in [0.15, 0.2) is 0 Å². The first-order valence-corrected chi connectivity index (χ1v) is 14.2. The van der Waals surface area contributed by atoms with Crippen molar-refractivity contribution in [2.24, 2.45) is 0 Å². The molecule has 0 unspecified atom stereocenters. The van der Waals surface area contributed by atoms with Crippen LogP contribution in [0.3, 0.4) is 0 Å². The Morgan fingerprint density at radius 2 is 1.72 bits per heavy atom. The summed E-state index contributed by atoms with van der Waals surface area (Å²) in [5.74, 6) is -1.19. The molecule has 0 aliphatic carbocycles. The van der Waals surface area contributed by atoms with E-state index in [-0.39, 0.29) is 31.2 Å². The molecule has 1 saturated heterocycles. The maximum atomic E-state index is 15.0. The first-order chi connectivity index (χ1) is 20.6. The van der Waals surface area contributed by atoms with Crippen LogP contribution in [0.2, 0.25) is 0 Å². The number of nitrogens with one attached hydrogen (secondary N) is 2. The van der Waals surface area contributed by atoms with Crippen molar-refractivity contribution in [2.45, 2.75) is 58.2 Å². The van der Waals surface area contributed by atoms with E-state index in [0.717, 1.165) is 23.5 Å². The van der Waals surface area contributed by atoms with Crippen molar-refractivity contribution < 1.29 is 28.3 Å². The van der Waals surface area contributed by atoms with E-state index >= 15 is 4.39 Å². The molecule has 2 aromatic carbocycles. The standard InChI is InChI=1S/C31H37FN6O5/c1-31(2,3)38(30(41)42-21-22-8-5-4-6-9-22)43-27(39)12-17-33-28(40)23-10-11-26(25(32)20-23)37-18-13-24(14-19-37)36-29-34-15-7-16-35-29/h4-11,15-16,20,24H,12-14,17-19,21H2,1-3H3,(H,33,40)(H,34,35,36). The van der Waals surface area contributed by atoms with Gasteiger partial charge in [-0.3, -0.25) is 4.79 Å². The Hall–Kier alpha value is -4.74. The first-order valence-electron chi connectivity index (χ1n) is 14.2. The van der Waals surface area contributed by atoms with Gasteiger partial charge in [-0.2, -0.15) is 0 Å². The van der Waals surface area contributed by atoms with Crippen LogP contribution in [-0.2, 0) is 21.0 Å². The van der Waals surface area contributed by atoms with Crippen LogP contribution in [0.25, 0.3) is 0 Å². The highest BCUT2D eigenvalue weighted by molar-refractivity contribution is 5.94. The molecular formula is C31H37FN6O5. The van der Waals surface area contributed by atoms with Crippen LogP contribution < -0.4 is 15.5 Å². The SMILES string of the molecule is CC(C)(C)N(OC(=O)CCNC(=O)c1ccc(N2CCC(Nc3ncccn3)CC2)c(F)c1)C(=O)OCc1ccccc1. The van der Waals surface area contributed by atoms with Crippen LogP contribution in [0, 0.1) is 5.82 Å². The molecule has 228 valence electrons. The zero-order chi connectivity index (χ0) is 30.8. The summed E-state index contributed by atoms with van der Waals surface area (Å²) in [5.41, 5.74) is 0.484. The van der Waals surface area contributed by atoms with Gasteiger partial charge in [-0.05, 0) is 63.4 Å². The van der Waals surface area contributed by atoms with Crippen molar-refractivity contribution >= 4 is 29.6 Å². The molecule has 1 aliphatic heterocycles. The van der Waals surface area contributed by atoms with E-state index in [2.05, 4.69) is 20.6 Å². The molecular weight excluding hydrogens is 555 g/mol. The number of rotatable bonds is 9. The molecule has 11 nitrogen and oxygen atoms in total. The molecule has 1 aliphatic rings. The number of hydrogen-bond acceptors (Lipinski definition) is 9. The van der Waals surface area contributed by atoms with Gasteiger partial charge in [0.1, 0.15) is 12.4 Å². The number of hydroxylamine groups is 2. The average molecular weight is 593 g/mol. The van der Waals surface area contributed by atoms with Crippen molar-refractivity contribution in [1.29, 1.82) is 0 Å². The van der Waals surface area contributed by atoms with Gasteiger partial charge >= 0.3 is 12.1 Å². The molecule has 1 fully saturated rings. The van der Waals surface area contributed by atoms with Gasteiger partial charge in [0.25, 0.3) is 5.91 Å². The lowest BCUT2D eigenvalue weighted by Gasteiger charge is -2.34. The van der Waals surface area contributed by atoms with Crippen LogP contribution in [0.1, 0.15) is 56.0 Å². The fourth-order valence-electron chi connectivity index (χ4n) is 4.48. The van der Waals surface area contributed by atoms with Crippen molar-refractivity contribution in [3.63, 3.8) is 0 Å². The van der Waals surface area contributed by atoms with E-state index < -0.39 is 29.3 Å². The van der Waals surface area contributed by atoms with Gasteiger partial charge < -0.3 is 25.1 Å². The molecule has 0 spiro atoms. The molecule has 0 atom stereocenters. The first kappa shape index (κ1) is 31.2. The van der Waals surface area contributed by atoms with E-state index in [1.807, 2.05) is 35.2 Å². The third-order valence-corrected chi connectivity index (χ3v) is 6.73. The number of nitrogens with zero attached hydrogens (tertiary/aromatic N) is 4. The Bertz CT molecular complexity index is 1380. The second kappa shape index (κ2) is 14.4. The molecule has 4 rings (SSSR count). The molecule has 1 aromatic heterocycles. The third-order valence-electron chi connectivity index (χ3n) is 6.73. The largest absolute Gasteiger partial charge is 0.444 e. The molecule has 0 bridgehead atoms. The van der Waals surface area contributed by atoms with Gasteiger partial charge in [0, 0.05) is 43.6 Å². The summed E-state index contributed by atoms with van der Waals surface area (Å²) in [6.07, 6.45) is 3.91. The topological polar surface area (TPSA) is 126 Å². The number of aromatic nitrogens is 2. The summed E-state index contributed by atoms with van der Waals surface area (Å²) in [4.78, 5) is 53.4. The quantitative estimate of drug-likeness (QED) is 0.340. The fourth-order valence-corrected chi connectivity index (χ4v) is 4.48. The van der Waals surface area contributed by atoms with Crippen LogP contribution >= 0.6 is 0 Å². The summed E-state index contributed by atoms with van der Waals surface area (Å²) < 4.78 is 20.3. The smallest absolute Gasteiger partial charge is 0.442 e. The Balaban J connectivity index is 1.22. The van der Waals surface area contributed by atoms with Crippen LogP contribution in [0.5, 0.6) is 0 Å². The Morgan fingerprint density at radius 1 is 1.02 bits per heavy atom. The van der Waals surface area contributed by atoms with Crippen molar-refractivity contribution in [1.82, 2.24) is 20.3 Å². The molecule has 12 heteroatoms. The monoisotopic (exact) mass is 592 g/mol. The third kappa shape index (κ3) is 9.12. The van der Waals surface area contributed by atoms with Gasteiger partial charge in [0.05, 0.1) is 17.6 Å². The van der Waals surface area contributed by atoms with E-state index in [1.165, 1.54) is 6.07 Å². The molecule has 2 N–H and O–H groups in total. The number of piperidine rings is 1. The maximum absolute atomic E-state index is 15.0. The Morgan fingerprint density at radius 3 is 2.37 bits per heavy atom. The van der Waals surface area contributed by atoms with Crippen molar-refractivity contribution in [2.75, 3.05) is 29.9 Å². The second-order valence-corrected chi connectivity index (χ2v) is 11.1. The van der Waals surface area contributed by atoms with E-state index in [9.17, 15) is 14.4 Å². The lowest BCUT2D eigenvalue weighted by Crippen LogP contribution is -2.47. The summed E-state index contributed by atoms with van der Waals surface area (Å²) in [7, 11) is 0. The van der Waals surface area contributed by atoms with E-state index in [1.54, 1.807) is 51.4 Å². The van der Waals surface area contributed by atoms with Crippen LogP contribution in [0.15, 0.2) is 67.0 Å². The number of anilines is 2. The minimum Gasteiger partial charge on any atom is -0.442 e. The highest BCUT2D eigenvalue weighted by atomic mass is 19.1. The predicted octanol–water partition coefficient (Wildman–Crippen LogP) is 4.71. The normalized spacial score (nSPS) is 13.6.